The van der Waals surface area contributed by atoms with Gasteiger partial charge < -0.3 is 14.7 Å². The Labute approximate surface area is 227 Å². The molecule has 0 aliphatic carbocycles. The Bertz CT molecular complexity index is 1330. The zero-order valence-corrected chi connectivity index (χ0v) is 22.2. The fourth-order valence-corrected chi connectivity index (χ4v) is 6.19. The molecule has 210 valence electrons. The first-order chi connectivity index (χ1) is 18.6. The number of likely N-dealkylation sites (tertiary alicyclic amines) is 1. The lowest BCUT2D eigenvalue weighted by atomic mass is 9.71. The van der Waals surface area contributed by atoms with Gasteiger partial charge in [-0.25, -0.2) is 22.0 Å². The van der Waals surface area contributed by atoms with Crippen molar-refractivity contribution >= 4 is 28.6 Å². The number of alkyl halides is 1. The molecule has 0 amide bonds. The number of nitrogens with zero attached hydrogens (tertiary/aromatic N) is 2. The number of thioether (sulfide) groups is 1. The summed E-state index contributed by atoms with van der Waals surface area (Å²) in [5, 5.41) is 9.89. The number of hydrogen-bond acceptors (Lipinski definition) is 5. The number of hydrogen-bond donors (Lipinski definition) is 1. The van der Waals surface area contributed by atoms with Crippen LogP contribution in [0.2, 0.25) is 0 Å². The molecular formula is C28H29F5N2O3S. The summed E-state index contributed by atoms with van der Waals surface area (Å²) < 4.78 is 76.2. The molecule has 0 radical (unpaired) electrons. The van der Waals surface area contributed by atoms with E-state index in [0.717, 1.165) is 24.0 Å². The minimum absolute atomic E-state index is 0.0548. The largest absolute Gasteiger partial charge is 0.497 e. The number of fused-ring (bicyclic) bond motifs is 1. The summed E-state index contributed by atoms with van der Waals surface area (Å²) in [7, 11) is 1.46. The highest BCUT2D eigenvalue weighted by molar-refractivity contribution is 7.99. The van der Waals surface area contributed by atoms with E-state index in [2.05, 4.69) is 9.88 Å². The van der Waals surface area contributed by atoms with Crippen LogP contribution in [-0.2, 0) is 4.79 Å². The fraction of sp³-hybridized carbons (Fsp3) is 0.429. The van der Waals surface area contributed by atoms with Gasteiger partial charge in [-0.3, -0.25) is 9.78 Å². The molecule has 1 N–H and O–H groups in total. The van der Waals surface area contributed by atoms with E-state index in [1.165, 1.54) is 7.11 Å². The quantitative estimate of drug-likeness (QED) is 0.154. The summed E-state index contributed by atoms with van der Waals surface area (Å²) in [5.41, 5.74) is -0.337. The normalized spacial score (nSPS) is 16.4. The molecule has 2 aromatic carbocycles. The molecule has 2 heterocycles. The molecule has 39 heavy (non-hydrogen) atoms. The number of carboxylic acid groups (broad SMARTS) is 1. The first-order valence-corrected chi connectivity index (χ1v) is 13.6. The van der Waals surface area contributed by atoms with Gasteiger partial charge >= 0.3 is 5.97 Å². The minimum atomic E-state index is -1.66. The molecular weight excluding hydrogens is 539 g/mol. The summed E-state index contributed by atoms with van der Waals surface area (Å²) in [6, 6.07) is 6.28. The van der Waals surface area contributed by atoms with Gasteiger partial charge in [0.1, 0.15) is 23.6 Å². The van der Waals surface area contributed by atoms with Crippen molar-refractivity contribution in [2.75, 3.05) is 32.5 Å². The molecule has 1 aliphatic rings. The van der Waals surface area contributed by atoms with Crippen LogP contribution in [0.25, 0.3) is 10.9 Å². The topological polar surface area (TPSA) is 62.7 Å². The third kappa shape index (κ3) is 7.00. The Morgan fingerprint density at radius 1 is 1.15 bits per heavy atom. The van der Waals surface area contributed by atoms with E-state index < -0.39 is 40.8 Å². The monoisotopic (exact) mass is 568 g/mol. The van der Waals surface area contributed by atoms with Gasteiger partial charge in [-0.15, -0.1) is 11.8 Å². The molecule has 5 nitrogen and oxygen atoms in total. The number of benzene rings is 2. The molecule has 0 bridgehead atoms. The molecule has 3 aromatic rings. The number of aliphatic carboxylic acids is 1. The van der Waals surface area contributed by atoms with Crippen molar-refractivity contribution in [2.45, 2.75) is 43.2 Å². The lowest BCUT2D eigenvalue weighted by Gasteiger charge is -2.41. The highest BCUT2D eigenvalue weighted by atomic mass is 32.2. The van der Waals surface area contributed by atoms with Gasteiger partial charge in [0.2, 0.25) is 0 Å². The predicted molar refractivity (Wildman–Crippen MR) is 139 cm³/mol. The van der Waals surface area contributed by atoms with Crippen LogP contribution in [0.3, 0.4) is 0 Å². The van der Waals surface area contributed by atoms with Crippen LogP contribution in [0.5, 0.6) is 5.75 Å². The van der Waals surface area contributed by atoms with Crippen molar-refractivity contribution in [1.29, 1.82) is 0 Å². The maximum Gasteiger partial charge on any atom is 0.303 e. The van der Waals surface area contributed by atoms with E-state index in [1.807, 2.05) is 0 Å². The minimum Gasteiger partial charge on any atom is -0.497 e. The second-order valence-corrected chi connectivity index (χ2v) is 11.0. The van der Waals surface area contributed by atoms with Crippen molar-refractivity contribution in [3.8, 4) is 5.75 Å². The first kappa shape index (κ1) is 29.1. The number of ether oxygens (including phenoxy) is 1. The van der Waals surface area contributed by atoms with Crippen LogP contribution in [0.15, 0.2) is 41.4 Å². The standard InChI is InChI=1S/C28H29F5N2O3S/c1-38-18-2-3-23-19(14-18)26(22(32)16-34-23)20(30)4-5-28(15-25(36)37)6-8-35(9-7-28)10-11-39-24-13-17(29)12-21(31)27(24)33/h2-3,12-14,16,20H,4-11,15H2,1H3,(H,36,37)/t20-/m1/s1. The van der Waals surface area contributed by atoms with Crippen molar-refractivity contribution in [1.82, 2.24) is 9.88 Å². The fourth-order valence-electron chi connectivity index (χ4n) is 5.20. The average molecular weight is 569 g/mol. The number of carbonyl (C=O) groups is 1. The van der Waals surface area contributed by atoms with E-state index in [1.54, 1.807) is 18.2 Å². The third-order valence-corrected chi connectivity index (χ3v) is 8.37. The average Bonchev–Trinajstić information content (AvgIpc) is 2.90. The highest BCUT2D eigenvalue weighted by Gasteiger charge is 2.37. The van der Waals surface area contributed by atoms with Gasteiger partial charge in [-0.1, -0.05) is 0 Å². The van der Waals surface area contributed by atoms with Crippen molar-refractivity contribution in [3.63, 3.8) is 0 Å². The second kappa shape index (κ2) is 12.5. The lowest BCUT2D eigenvalue weighted by Crippen LogP contribution is -2.42. The van der Waals surface area contributed by atoms with Crippen molar-refractivity contribution < 1.29 is 36.6 Å². The zero-order valence-electron chi connectivity index (χ0n) is 21.4. The van der Waals surface area contributed by atoms with E-state index >= 15 is 4.39 Å². The van der Waals surface area contributed by atoms with E-state index in [-0.39, 0.29) is 29.7 Å². The summed E-state index contributed by atoms with van der Waals surface area (Å²) in [6.45, 7) is 1.58. The maximum absolute atomic E-state index is 15.6. The smallest absolute Gasteiger partial charge is 0.303 e. The molecule has 1 atom stereocenters. The first-order valence-electron chi connectivity index (χ1n) is 12.6. The van der Waals surface area contributed by atoms with Gasteiger partial charge in [-0.2, -0.15) is 0 Å². The molecule has 11 heteroatoms. The molecule has 0 unspecified atom stereocenters. The Hall–Kier alpha value is -2.92. The van der Waals surface area contributed by atoms with Crippen molar-refractivity contribution in [3.05, 3.63) is 65.4 Å². The third-order valence-electron chi connectivity index (χ3n) is 7.38. The molecule has 0 spiro atoms. The van der Waals surface area contributed by atoms with Gasteiger partial charge in [0.25, 0.3) is 0 Å². The second-order valence-electron chi connectivity index (χ2n) is 9.87. The highest BCUT2D eigenvalue weighted by Crippen LogP contribution is 2.43. The Morgan fingerprint density at radius 2 is 1.90 bits per heavy atom. The van der Waals surface area contributed by atoms with E-state index in [9.17, 15) is 27.5 Å². The Balaban J connectivity index is 1.39. The SMILES string of the molecule is COc1ccc2ncc(F)c([C@H](F)CCC3(CC(=O)O)CCN(CCSc4cc(F)cc(F)c4F)CC3)c2c1. The van der Waals surface area contributed by atoms with Gasteiger partial charge in [0.15, 0.2) is 11.6 Å². The zero-order chi connectivity index (χ0) is 28.2. The summed E-state index contributed by atoms with van der Waals surface area (Å²) in [6.07, 6.45) is 0.378. The number of aromatic nitrogens is 1. The number of pyridine rings is 1. The van der Waals surface area contributed by atoms with Crippen LogP contribution in [0, 0.1) is 28.7 Å². The van der Waals surface area contributed by atoms with Gasteiger partial charge in [0, 0.05) is 34.2 Å². The van der Waals surface area contributed by atoms with Crippen LogP contribution in [0.1, 0.15) is 43.8 Å². The number of rotatable bonds is 11. The van der Waals surface area contributed by atoms with E-state index in [0.29, 0.717) is 60.9 Å². The lowest BCUT2D eigenvalue weighted by molar-refractivity contribution is -0.141. The summed E-state index contributed by atoms with van der Waals surface area (Å²) >= 11 is 1.01. The van der Waals surface area contributed by atoms with Gasteiger partial charge in [-0.05, 0) is 68.5 Å². The Morgan fingerprint density at radius 3 is 2.59 bits per heavy atom. The van der Waals surface area contributed by atoms with Crippen LogP contribution >= 0.6 is 11.8 Å². The molecule has 1 fully saturated rings. The van der Waals surface area contributed by atoms with Crippen LogP contribution < -0.4 is 4.74 Å². The summed E-state index contributed by atoms with van der Waals surface area (Å²) in [5.74, 6) is -4.09. The predicted octanol–water partition coefficient (Wildman–Crippen LogP) is 6.94. The molecule has 1 saturated heterocycles. The van der Waals surface area contributed by atoms with Crippen LogP contribution in [-0.4, -0.2) is 53.5 Å². The number of carboxylic acids is 1. The Kier molecular flexibility index (Phi) is 9.32. The molecule has 1 aromatic heterocycles. The number of halogens is 5. The van der Waals surface area contributed by atoms with E-state index in [4.69, 9.17) is 4.74 Å². The molecule has 4 rings (SSSR count). The van der Waals surface area contributed by atoms with Crippen LogP contribution in [0.4, 0.5) is 22.0 Å². The summed E-state index contributed by atoms with van der Waals surface area (Å²) in [4.78, 5) is 17.7. The molecule has 0 saturated carbocycles. The van der Waals surface area contributed by atoms with Gasteiger partial charge in [0.05, 0.1) is 25.2 Å². The number of methoxy groups -OCH3 is 1. The maximum atomic E-state index is 15.6. The molecule has 1 aliphatic heterocycles. The number of piperidine rings is 1. The van der Waals surface area contributed by atoms with Crippen molar-refractivity contribution in [2.24, 2.45) is 5.41 Å².